The number of nitrogens with zero attached hydrogens (tertiary/aromatic N) is 2. The molecule has 0 aliphatic carbocycles. The van der Waals surface area contributed by atoms with Crippen LogP contribution in [-0.4, -0.2) is 53.9 Å². The second-order valence-corrected chi connectivity index (χ2v) is 10.4. The number of rotatable bonds is 5. The fraction of sp³-hybridized carbons (Fsp3) is 0.364. The highest BCUT2D eigenvalue weighted by Crippen LogP contribution is 2.28. The first-order valence-corrected chi connectivity index (χ1v) is 12.2. The van der Waals surface area contributed by atoms with Crippen molar-refractivity contribution in [3.63, 3.8) is 0 Å². The van der Waals surface area contributed by atoms with Crippen molar-refractivity contribution in [2.24, 2.45) is 0 Å². The number of aromatic nitrogens is 2. The van der Waals surface area contributed by atoms with Gasteiger partial charge in [0.2, 0.25) is 10.0 Å². The Hall–Kier alpha value is -2.46. The van der Waals surface area contributed by atoms with Crippen LogP contribution in [0.4, 0.5) is 0 Å². The molecule has 8 nitrogen and oxygen atoms in total. The lowest BCUT2D eigenvalue weighted by Crippen LogP contribution is -2.48. The van der Waals surface area contributed by atoms with Gasteiger partial charge in [-0.3, -0.25) is 4.79 Å². The Morgan fingerprint density at radius 1 is 1.22 bits per heavy atom. The van der Waals surface area contributed by atoms with Gasteiger partial charge in [0.05, 0.1) is 34.3 Å². The van der Waals surface area contributed by atoms with Crippen LogP contribution < -0.4 is 5.32 Å². The molecule has 3 atom stereocenters. The average Bonchev–Trinajstić information content (AvgIpc) is 3.17. The molecule has 1 aliphatic heterocycles. The molecule has 3 aromatic rings. The molecule has 170 valence electrons. The van der Waals surface area contributed by atoms with Crippen LogP contribution in [0.1, 0.15) is 43.0 Å². The lowest BCUT2D eigenvalue weighted by Gasteiger charge is -2.34. The summed E-state index contributed by atoms with van der Waals surface area (Å²) in [5.41, 5.74) is 1.88. The van der Waals surface area contributed by atoms with Crippen molar-refractivity contribution < 1.29 is 17.9 Å². The quantitative estimate of drug-likeness (QED) is 0.586. The molecule has 0 saturated carbocycles. The molecule has 0 bridgehead atoms. The second kappa shape index (κ2) is 8.82. The highest BCUT2D eigenvalue weighted by molar-refractivity contribution is 7.89. The third-order valence-corrected chi connectivity index (χ3v) is 7.68. The van der Waals surface area contributed by atoms with Crippen LogP contribution in [-0.2, 0) is 14.8 Å². The maximum atomic E-state index is 13.3. The summed E-state index contributed by atoms with van der Waals surface area (Å²) in [4.78, 5) is 20.5. The van der Waals surface area contributed by atoms with E-state index < -0.39 is 22.0 Å². The molecule has 1 aromatic heterocycles. The number of sulfonamides is 1. The monoisotopic (exact) mass is 476 g/mol. The number of morpholine rings is 1. The number of carbonyl (C=O) groups is 1. The number of halogens is 1. The van der Waals surface area contributed by atoms with Crippen molar-refractivity contribution in [3.05, 3.63) is 58.9 Å². The minimum atomic E-state index is -3.89. The van der Waals surface area contributed by atoms with Gasteiger partial charge in [-0.25, -0.2) is 13.4 Å². The van der Waals surface area contributed by atoms with Gasteiger partial charge >= 0.3 is 0 Å². The number of hydrogen-bond acceptors (Lipinski definition) is 5. The van der Waals surface area contributed by atoms with Crippen LogP contribution in [0.5, 0.6) is 0 Å². The number of fused-ring (bicyclic) bond motifs is 1. The molecule has 1 aliphatic rings. The summed E-state index contributed by atoms with van der Waals surface area (Å²) in [7, 11) is -3.89. The summed E-state index contributed by atoms with van der Waals surface area (Å²) in [6, 6.07) is 11.4. The molecule has 1 amide bonds. The molecule has 0 unspecified atom stereocenters. The normalized spacial score (nSPS) is 20.9. The van der Waals surface area contributed by atoms with E-state index in [2.05, 4.69) is 15.3 Å². The van der Waals surface area contributed by atoms with Crippen molar-refractivity contribution in [1.29, 1.82) is 0 Å². The standard InChI is InChI=1S/C22H25ClN4O4S/c1-13-11-27(12-14(2)31-13)32(29,30)20-10-16(8-9-17(20)23)22(28)24-15(3)21-25-18-6-4-5-7-19(18)26-21/h4-10,13-15H,11-12H2,1-3H3,(H,24,28)(H,25,26)/t13-,14-,15-/m1/s1. The van der Waals surface area contributed by atoms with E-state index >= 15 is 0 Å². The first-order valence-electron chi connectivity index (χ1n) is 10.4. The Balaban J connectivity index is 1.56. The maximum Gasteiger partial charge on any atom is 0.251 e. The first kappa shape index (κ1) is 22.7. The van der Waals surface area contributed by atoms with Gasteiger partial charge in [0.25, 0.3) is 5.91 Å². The molecule has 32 heavy (non-hydrogen) atoms. The van der Waals surface area contributed by atoms with Crippen LogP contribution in [0.15, 0.2) is 47.4 Å². The van der Waals surface area contributed by atoms with Crippen LogP contribution in [0.25, 0.3) is 11.0 Å². The molecule has 1 saturated heterocycles. The number of benzene rings is 2. The number of carbonyl (C=O) groups excluding carboxylic acids is 1. The van der Waals surface area contributed by atoms with Gasteiger partial charge in [0.15, 0.2) is 0 Å². The number of ether oxygens (including phenoxy) is 1. The van der Waals surface area contributed by atoms with Gasteiger partial charge in [-0.1, -0.05) is 23.7 Å². The number of amides is 1. The van der Waals surface area contributed by atoms with E-state index in [1.807, 2.05) is 38.1 Å². The van der Waals surface area contributed by atoms with Crippen molar-refractivity contribution in [2.45, 2.75) is 43.9 Å². The first-order chi connectivity index (χ1) is 15.1. The Kier molecular flexibility index (Phi) is 6.26. The predicted molar refractivity (Wildman–Crippen MR) is 122 cm³/mol. The number of nitrogens with one attached hydrogen (secondary N) is 2. The Bertz CT molecular complexity index is 1220. The van der Waals surface area contributed by atoms with E-state index in [9.17, 15) is 13.2 Å². The van der Waals surface area contributed by atoms with Gasteiger partial charge in [0, 0.05) is 18.7 Å². The predicted octanol–water partition coefficient (Wildman–Crippen LogP) is 3.51. The molecule has 1 fully saturated rings. The summed E-state index contributed by atoms with van der Waals surface area (Å²) in [5.74, 6) is 0.187. The van der Waals surface area contributed by atoms with Gasteiger partial charge < -0.3 is 15.0 Å². The zero-order valence-corrected chi connectivity index (χ0v) is 19.6. The van der Waals surface area contributed by atoms with Crippen LogP contribution in [0, 0.1) is 0 Å². The zero-order chi connectivity index (χ0) is 23.0. The van der Waals surface area contributed by atoms with Crippen molar-refractivity contribution >= 4 is 38.6 Å². The third kappa shape index (κ3) is 4.52. The zero-order valence-electron chi connectivity index (χ0n) is 18.0. The summed E-state index contributed by atoms with van der Waals surface area (Å²) in [6.07, 6.45) is -0.466. The number of para-hydroxylation sites is 2. The van der Waals surface area contributed by atoms with E-state index in [1.54, 1.807) is 6.92 Å². The number of aromatic amines is 1. The molecule has 10 heteroatoms. The molecule has 2 heterocycles. The lowest BCUT2D eigenvalue weighted by atomic mass is 10.2. The maximum absolute atomic E-state index is 13.3. The largest absolute Gasteiger partial charge is 0.373 e. The average molecular weight is 477 g/mol. The molecular formula is C22H25ClN4O4S. The van der Waals surface area contributed by atoms with E-state index in [0.717, 1.165) is 11.0 Å². The van der Waals surface area contributed by atoms with Crippen molar-refractivity contribution in [2.75, 3.05) is 13.1 Å². The van der Waals surface area contributed by atoms with Crippen molar-refractivity contribution in [3.8, 4) is 0 Å². The fourth-order valence-electron chi connectivity index (χ4n) is 3.83. The topological polar surface area (TPSA) is 104 Å². The summed E-state index contributed by atoms with van der Waals surface area (Å²) < 4.78 is 33.5. The number of H-pyrrole nitrogens is 1. The van der Waals surface area contributed by atoms with Gasteiger partial charge in [-0.2, -0.15) is 4.31 Å². The van der Waals surface area contributed by atoms with Gasteiger partial charge in [-0.05, 0) is 51.1 Å². The highest BCUT2D eigenvalue weighted by Gasteiger charge is 2.34. The Morgan fingerprint density at radius 2 is 1.91 bits per heavy atom. The van der Waals surface area contributed by atoms with Gasteiger partial charge in [-0.15, -0.1) is 0 Å². The van der Waals surface area contributed by atoms with Gasteiger partial charge in [0.1, 0.15) is 10.7 Å². The fourth-order valence-corrected chi connectivity index (χ4v) is 5.93. The number of imidazole rings is 1. The van der Waals surface area contributed by atoms with Crippen molar-refractivity contribution in [1.82, 2.24) is 19.6 Å². The van der Waals surface area contributed by atoms with E-state index in [-0.39, 0.29) is 40.8 Å². The Labute approximate surface area is 192 Å². The summed E-state index contributed by atoms with van der Waals surface area (Å²) >= 11 is 6.24. The third-order valence-electron chi connectivity index (χ3n) is 5.36. The molecule has 4 rings (SSSR count). The van der Waals surface area contributed by atoms with Crippen LogP contribution >= 0.6 is 11.6 Å². The second-order valence-electron chi connectivity index (χ2n) is 8.06. The minimum Gasteiger partial charge on any atom is -0.373 e. The molecule has 0 radical (unpaired) electrons. The lowest BCUT2D eigenvalue weighted by molar-refractivity contribution is -0.0440. The molecule has 0 spiro atoms. The van der Waals surface area contributed by atoms with E-state index in [1.165, 1.54) is 22.5 Å². The molecule has 2 N–H and O–H groups in total. The SMILES string of the molecule is C[C@@H]1CN(S(=O)(=O)c2cc(C(=O)N[C@H](C)c3nc4ccccc4[nH]3)ccc2Cl)C[C@@H](C)O1. The summed E-state index contributed by atoms with van der Waals surface area (Å²) in [6.45, 7) is 5.90. The van der Waals surface area contributed by atoms with Crippen LogP contribution in [0.2, 0.25) is 5.02 Å². The smallest absolute Gasteiger partial charge is 0.251 e. The van der Waals surface area contributed by atoms with E-state index in [0.29, 0.717) is 5.82 Å². The number of hydrogen-bond donors (Lipinski definition) is 2. The van der Waals surface area contributed by atoms with Crippen LogP contribution in [0.3, 0.4) is 0 Å². The summed E-state index contributed by atoms with van der Waals surface area (Å²) in [5, 5.41) is 2.93. The molecule has 2 aromatic carbocycles. The Morgan fingerprint density at radius 3 is 2.59 bits per heavy atom. The minimum absolute atomic E-state index is 0.0682. The highest BCUT2D eigenvalue weighted by atomic mass is 35.5. The molecular weight excluding hydrogens is 452 g/mol. The van der Waals surface area contributed by atoms with E-state index in [4.69, 9.17) is 16.3 Å².